The Bertz CT molecular complexity index is 385. The first kappa shape index (κ1) is 10.2. The number of benzene rings is 1. The van der Waals surface area contributed by atoms with E-state index in [1.807, 2.05) is 13.8 Å². The van der Waals surface area contributed by atoms with Crippen molar-refractivity contribution in [2.45, 2.75) is 19.4 Å². The van der Waals surface area contributed by atoms with Crippen molar-refractivity contribution in [3.8, 4) is 11.5 Å². The second-order valence-electron chi connectivity index (χ2n) is 4.20. The van der Waals surface area contributed by atoms with E-state index >= 15 is 0 Å². The Kier molecular flexibility index (Phi) is 2.31. The van der Waals surface area contributed by atoms with Crippen LogP contribution in [0.1, 0.15) is 19.4 Å². The highest BCUT2D eigenvalue weighted by Gasteiger charge is 2.22. The number of halogens is 1. The fraction of sp³-hybridized carbons (Fsp3) is 0.455. The van der Waals surface area contributed by atoms with E-state index in [1.165, 1.54) is 6.07 Å². The largest absolute Gasteiger partial charge is 0.486 e. The highest BCUT2D eigenvalue weighted by molar-refractivity contribution is 5.46. The standard InChI is InChI=1S/C11H14FNO2/c1-11(2,13)7-5-8(12)10-9(6-7)14-3-4-15-10/h5-6H,3-4,13H2,1-2H3. The summed E-state index contributed by atoms with van der Waals surface area (Å²) in [5.74, 6) is 0.213. The molecule has 2 rings (SSSR count). The van der Waals surface area contributed by atoms with Crippen LogP contribution in [0, 0.1) is 5.82 Å². The van der Waals surface area contributed by atoms with Crippen LogP contribution >= 0.6 is 0 Å². The van der Waals surface area contributed by atoms with Crippen molar-refractivity contribution >= 4 is 0 Å². The highest BCUT2D eigenvalue weighted by Crippen LogP contribution is 2.36. The molecule has 0 bridgehead atoms. The number of hydrogen-bond acceptors (Lipinski definition) is 3. The van der Waals surface area contributed by atoms with E-state index in [9.17, 15) is 4.39 Å². The van der Waals surface area contributed by atoms with Crippen molar-refractivity contribution in [1.82, 2.24) is 0 Å². The zero-order valence-corrected chi connectivity index (χ0v) is 8.84. The van der Waals surface area contributed by atoms with Gasteiger partial charge in [-0.25, -0.2) is 4.39 Å². The fourth-order valence-electron chi connectivity index (χ4n) is 1.48. The molecule has 1 aromatic carbocycles. The van der Waals surface area contributed by atoms with Crippen LogP contribution < -0.4 is 15.2 Å². The summed E-state index contributed by atoms with van der Waals surface area (Å²) in [5.41, 5.74) is 6.01. The van der Waals surface area contributed by atoms with Gasteiger partial charge in [0.25, 0.3) is 0 Å². The van der Waals surface area contributed by atoms with E-state index in [1.54, 1.807) is 6.07 Å². The Morgan fingerprint density at radius 2 is 1.93 bits per heavy atom. The second kappa shape index (κ2) is 3.38. The third-order valence-corrected chi connectivity index (χ3v) is 2.34. The molecule has 0 spiro atoms. The first-order valence-electron chi connectivity index (χ1n) is 4.87. The lowest BCUT2D eigenvalue weighted by molar-refractivity contribution is 0.164. The molecule has 0 saturated heterocycles. The first-order chi connectivity index (χ1) is 6.98. The number of nitrogens with two attached hydrogens (primary N) is 1. The summed E-state index contributed by atoms with van der Waals surface area (Å²) in [6, 6.07) is 3.13. The molecule has 82 valence electrons. The van der Waals surface area contributed by atoms with E-state index in [4.69, 9.17) is 15.2 Å². The summed E-state index contributed by atoms with van der Waals surface area (Å²) in [5, 5.41) is 0. The molecular formula is C11H14FNO2. The summed E-state index contributed by atoms with van der Waals surface area (Å²) < 4.78 is 24.1. The van der Waals surface area contributed by atoms with Gasteiger partial charge < -0.3 is 15.2 Å². The quantitative estimate of drug-likeness (QED) is 0.770. The maximum absolute atomic E-state index is 13.6. The smallest absolute Gasteiger partial charge is 0.197 e. The summed E-state index contributed by atoms with van der Waals surface area (Å²) in [6.07, 6.45) is 0. The molecule has 0 radical (unpaired) electrons. The van der Waals surface area contributed by atoms with E-state index in [0.29, 0.717) is 24.5 Å². The molecule has 2 N–H and O–H groups in total. The van der Waals surface area contributed by atoms with Gasteiger partial charge in [0.05, 0.1) is 0 Å². The molecule has 0 atom stereocenters. The van der Waals surface area contributed by atoms with Crippen molar-refractivity contribution in [3.63, 3.8) is 0 Å². The summed E-state index contributed by atoms with van der Waals surface area (Å²) in [6.45, 7) is 4.46. The highest BCUT2D eigenvalue weighted by atomic mass is 19.1. The molecule has 0 amide bonds. The lowest BCUT2D eigenvalue weighted by atomic mass is 9.95. The molecule has 1 aliphatic rings. The van der Waals surface area contributed by atoms with Crippen LogP contribution in [0.15, 0.2) is 12.1 Å². The number of hydrogen-bond donors (Lipinski definition) is 1. The van der Waals surface area contributed by atoms with Gasteiger partial charge in [-0.15, -0.1) is 0 Å². The minimum Gasteiger partial charge on any atom is -0.486 e. The van der Waals surface area contributed by atoms with Crippen molar-refractivity contribution in [2.24, 2.45) is 5.73 Å². The SMILES string of the molecule is CC(C)(N)c1cc(F)c2c(c1)OCCO2. The third kappa shape index (κ3) is 1.90. The molecule has 15 heavy (non-hydrogen) atoms. The molecule has 0 fully saturated rings. The van der Waals surface area contributed by atoms with E-state index in [2.05, 4.69) is 0 Å². The van der Waals surface area contributed by atoms with Gasteiger partial charge in [0.1, 0.15) is 13.2 Å². The van der Waals surface area contributed by atoms with Gasteiger partial charge in [-0.2, -0.15) is 0 Å². The number of ether oxygens (including phenoxy) is 2. The molecule has 0 aliphatic carbocycles. The van der Waals surface area contributed by atoms with Gasteiger partial charge >= 0.3 is 0 Å². The lowest BCUT2D eigenvalue weighted by Gasteiger charge is -2.24. The van der Waals surface area contributed by atoms with Crippen LogP contribution in [0.3, 0.4) is 0 Å². The van der Waals surface area contributed by atoms with E-state index in [0.717, 1.165) is 0 Å². The Hall–Kier alpha value is -1.29. The summed E-state index contributed by atoms with van der Waals surface area (Å²) >= 11 is 0. The normalized spacial score (nSPS) is 15.2. The predicted molar refractivity (Wildman–Crippen MR) is 54.6 cm³/mol. The van der Waals surface area contributed by atoms with Gasteiger partial charge in [-0.3, -0.25) is 0 Å². The third-order valence-electron chi connectivity index (χ3n) is 2.34. The molecule has 1 heterocycles. The molecule has 3 nitrogen and oxygen atoms in total. The summed E-state index contributed by atoms with van der Waals surface area (Å²) in [7, 11) is 0. The average Bonchev–Trinajstić information content (AvgIpc) is 2.16. The molecular weight excluding hydrogens is 197 g/mol. The van der Waals surface area contributed by atoms with Gasteiger partial charge in [0.2, 0.25) is 0 Å². The van der Waals surface area contributed by atoms with Gasteiger partial charge in [-0.1, -0.05) is 0 Å². The Morgan fingerprint density at radius 3 is 2.60 bits per heavy atom. The number of fused-ring (bicyclic) bond motifs is 1. The molecule has 0 unspecified atom stereocenters. The van der Waals surface area contributed by atoms with Crippen molar-refractivity contribution < 1.29 is 13.9 Å². The second-order valence-corrected chi connectivity index (χ2v) is 4.20. The Balaban J connectivity index is 2.50. The minimum atomic E-state index is -0.587. The first-order valence-corrected chi connectivity index (χ1v) is 4.87. The number of rotatable bonds is 1. The molecule has 4 heteroatoms. The van der Waals surface area contributed by atoms with Crippen LogP contribution in [-0.2, 0) is 5.54 Å². The zero-order valence-electron chi connectivity index (χ0n) is 8.84. The van der Waals surface area contributed by atoms with E-state index in [-0.39, 0.29) is 5.75 Å². The zero-order chi connectivity index (χ0) is 11.1. The molecule has 0 saturated carbocycles. The molecule has 1 aliphatic heterocycles. The topological polar surface area (TPSA) is 44.5 Å². The van der Waals surface area contributed by atoms with Gasteiger partial charge in [0, 0.05) is 5.54 Å². The van der Waals surface area contributed by atoms with Crippen LogP contribution in [0.25, 0.3) is 0 Å². The van der Waals surface area contributed by atoms with Crippen molar-refractivity contribution in [2.75, 3.05) is 13.2 Å². The maximum Gasteiger partial charge on any atom is 0.197 e. The van der Waals surface area contributed by atoms with Gasteiger partial charge in [-0.05, 0) is 31.5 Å². The maximum atomic E-state index is 13.6. The summed E-state index contributed by atoms with van der Waals surface area (Å²) in [4.78, 5) is 0. The predicted octanol–water partition coefficient (Wildman–Crippen LogP) is 1.79. The van der Waals surface area contributed by atoms with Crippen LogP contribution in [0.2, 0.25) is 0 Å². The van der Waals surface area contributed by atoms with Crippen molar-refractivity contribution in [3.05, 3.63) is 23.5 Å². The van der Waals surface area contributed by atoms with Crippen LogP contribution in [-0.4, -0.2) is 13.2 Å². The lowest BCUT2D eigenvalue weighted by Crippen LogP contribution is -2.29. The minimum absolute atomic E-state index is 0.189. The molecule has 1 aromatic rings. The molecule has 0 aromatic heterocycles. The fourth-order valence-corrected chi connectivity index (χ4v) is 1.48. The van der Waals surface area contributed by atoms with Crippen molar-refractivity contribution in [1.29, 1.82) is 0 Å². The van der Waals surface area contributed by atoms with Crippen LogP contribution in [0.4, 0.5) is 4.39 Å². The monoisotopic (exact) mass is 211 g/mol. The average molecular weight is 211 g/mol. The Labute approximate surface area is 88.0 Å². The van der Waals surface area contributed by atoms with Gasteiger partial charge in [0.15, 0.2) is 17.3 Å². The Morgan fingerprint density at radius 1 is 1.27 bits per heavy atom. The van der Waals surface area contributed by atoms with E-state index < -0.39 is 11.4 Å². The van der Waals surface area contributed by atoms with Crippen LogP contribution in [0.5, 0.6) is 11.5 Å².